The number of hydrogen-bond acceptors (Lipinski definition) is 5. The van der Waals surface area contributed by atoms with Gasteiger partial charge in [-0.15, -0.1) is 0 Å². The van der Waals surface area contributed by atoms with Gasteiger partial charge in [-0.25, -0.2) is 13.6 Å². The van der Waals surface area contributed by atoms with Crippen LogP contribution < -0.4 is 10.5 Å². The Hall–Kier alpha value is -1.05. The average Bonchev–Trinajstić information content (AvgIpc) is 2.81. The molecule has 114 valence electrons. The first-order chi connectivity index (χ1) is 9.97. The Kier molecular flexibility index (Phi) is 3.98. The SMILES string of the molecule is NS(=O)(=O)c1cccc(NC2=NC3(CCCCC3)CS2)c1. The zero-order valence-corrected chi connectivity index (χ0v) is 13.3. The van der Waals surface area contributed by atoms with E-state index in [2.05, 4.69) is 5.32 Å². The molecular formula is C14H19N3O2S2. The number of nitrogens with one attached hydrogen (secondary N) is 1. The van der Waals surface area contributed by atoms with Crippen LogP contribution in [0.2, 0.25) is 0 Å². The molecule has 0 aromatic heterocycles. The van der Waals surface area contributed by atoms with E-state index in [9.17, 15) is 8.42 Å². The highest BCUT2D eigenvalue weighted by Crippen LogP contribution is 2.39. The number of rotatable bonds is 2. The number of hydrogen-bond donors (Lipinski definition) is 2. The molecule has 0 atom stereocenters. The molecule has 0 amide bonds. The maximum absolute atomic E-state index is 11.4. The molecular weight excluding hydrogens is 306 g/mol. The second-order valence-corrected chi connectivity index (χ2v) is 8.21. The summed E-state index contributed by atoms with van der Waals surface area (Å²) in [7, 11) is -3.67. The Morgan fingerprint density at radius 3 is 2.71 bits per heavy atom. The third kappa shape index (κ3) is 3.41. The second-order valence-electron chi connectivity index (χ2n) is 5.69. The van der Waals surface area contributed by atoms with Crippen LogP contribution in [0.15, 0.2) is 34.2 Å². The summed E-state index contributed by atoms with van der Waals surface area (Å²) in [6.07, 6.45) is 6.11. The number of anilines is 1. The number of aliphatic imine (C=N–C) groups is 1. The van der Waals surface area contributed by atoms with E-state index in [1.165, 1.54) is 25.3 Å². The van der Waals surface area contributed by atoms with Crippen LogP contribution in [0.4, 0.5) is 5.69 Å². The van der Waals surface area contributed by atoms with E-state index >= 15 is 0 Å². The van der Waals surface area contributed by atoms with Crippen molar-refractivity contribution in [1.29, 1.82) is 0 Å². The first-order valence-corrected chi connectivity index (χ1v) is 9.63. The standard InChI is InChI=1S/C14H19N3O2S2/c15-21(18,19)12-6-4-5-11(9-12)16-13-17-14(10-20-13)7-2-1-3-8-14/h4-6,9H,1-3,7-8,10H2,(H,16,17)(H2,15,18,19). The topological polar surface area (TPSA) is 84.5 Å². The number of amidine groups is 1. The summed E-state index contributed by atoms with van der Waals surface area (Å²) in [5, 5.41) is 9.25. The van der Waals surface area contributed by atoms with Crippen molar-refractivity contribution in [1.82, 2.24) is 0 Å². The molecule has 0 saturated heterocycles. The Morgan fingerprint density at radius 2 is 2.00 bits per heavy atom. The molecule has 1 fully saturated rings. The number of primary sulfonamides is 1. The van der Waals surface area contributed by atoms with Crippen molar-refractivity contribution in [3.05, 3.63) is 24.3 Å². The number of benzene rings is 1. The summed E-state index contributed by atoms with van der Waals surface area (Å²) in [5.41, 5.74) is 0.809. The Bertz CT molecular complexity index is 665. The van der Waals surface area contributed by atoms with E-state index in [4.69, 9.17) is 10.1 Å². The van der Waals surface area contributed by atoms with E-state index < -0.39 is 10.0 Å². The second kappa shape index (κ2) is 5.62. The van der Waals surface area contributed by atoms with Gasteiger partial charge in [0.05, 0.1) is 10.4 Å². The van der Waals surface area contributed by atoms with Gasteiger partial charge >= 0.3 is 0 Å². The fourth-order valence-electron chi connectivity index (χ4n) is 2.89. The fraction of sp³-hybridized carbons (Fsp3) is 0.500. The first-order valence-electron chi connectivity index (χ1n) is 7.10. The summed E-state index contributed by atoms with van der Waals surface area (Å²) in [6, 6.07) is 6.54. The van der Waals surface area contributed by atoms with Crippen LogP contribution in [-0.4, -0.2) is 24.9 Å². The smallest absolute Gasteiger partial charge is 0.238 e. The highest BCUT2D eigenvalue weighted by molar-refractivity contribution is 8.14. The monoisotopic (exact) mass is 325 g/mol. The predicted octanol–water partition coefficient (Wildman–Crippen LogP) is 2.55. The average molecular weight is 325 g/mol. The molecule has 1 spiro atoms. The molecule has 3 rings (SSSR count). The molecule has 1 saturated carbocycles. The lowest BCUT2D eigenvalue weighted by molar-refractivity contribution is 0.335. The van der Waals surface area contributed by atoms with E-state index in [1.807, 2.05) is 6.07 Å². The van der Waals surface area contributed by atoms with Crippen LogP contribution in [0, 0.1) is 0 Å². The summed E-state index contributed by atoms with van der Waals surface area (Å²) >= 11 is 1.71. The van der Waals surface area contributed by atoms with Crippen LogP contribution >= 0.6 is 11.8 Å². The van der Waals surface area contributed by atoms with Gasteiger partial charge in [0.2, 0.25) is 10.0 Å². The van der Waals surface area contributed by atoms with Gasteiger partial charge < -0.3 is 5.32 Å². The maximum atomic E-state index is 11.4. The van der Waals surface area contributed by atoms with E-state index in [0.717, 1.165) is 23.8 Å². The molecule has 7 heteroatoms. The minimum atomic E-state index is -3.67. The van der Waals surface area contributed by atoms with Crippen LogP contribution in [-0.2, 0) is 10.0 Å². The van der Waals surface area contributed by atoms with Gasteiger partial charge in [0.15, 0.2) is 5.17 Å². The Labute approximate surface area is 129 Å². The lowest BCUT2D eigenvalue weighted by Gasteiger charge is -2.29. The lowest BCUT2D eigenvalue weighted by Crippen LogP contribution is -2.29. The van der Waals surface area contributed by atoms with Crippen molar-refractivity contribution in [2.75, 3.05) is 11.1 Å². The molecule has 0 bridgehead atoms. The van der Waals surface area contributed by atoms with Crippen LogP contribution in [0.1, 0.15) is 32.1 Å². The van der Waals surface area contributed by atoms with Gasteiger partial charge in [0, 0.05) is 11.4 Å². The molecule has 21 heavy (non-hydrogen) atoms. The van der Waals surface area contributed by atoms with Crippen molar-refractivity contribution in [2.24, 2.45) is 10.1 Å². The molecule has 3 N–H and O–H groups in total. The molecule has 1 heterocycles. The number of thioether (sulfide) groups is 1. The largest absolute Gasteiger partial charge is 0.335 e. The first kappa shape index (κ1) is 14.9. The van der Waals surface area contributed by atoms with Gasteiger partial charge in [0.25, 0.3) is 0 Å². The van der Waals surface area contributed by atoms with Gasteiger partial charge in [-0.1, -0.05) is 37.1 Å². The van der Waals surface area contributed by atoms with Crippen LogP contribution in [0.25, 0.3) is 0 Å². The maximum Gasteiger partial charge on any atom is 0.238 e. The van der Waals surface area contributed by atoms with Gasteiger partial charge in [-0.3, -0.25) is 4.99 Å². The highest BCUT2D eigenvalue weighted by Gasteiger charge is 2.36. The summed E-state index contributed by atoms with van der Waals surface area (Å²) < 4.78 is 22.8. The normalized spacial score (nSPS) is 21.3. The molecule has 1 aromatic rings. The molecule has 0 unspecified atom stereocenters. The molecule has 0 radical (unpaired) electrons. The molecule has 2 aliphatic rings. The van der Waals surface area contributed by atoms with E-state index in [-0.39, 0.29) is 10.4 Å². The van der Waals surface area contributed by atoms with E-state index in [1.54, 1.807) is 23.9 Å². The van der Waals surface area contributed by atoms with Crippen molar-refractivity contribution in [3.8, 4) is 0 Å². The summed E-state index contributed by atoms with van der Waals surface area (Å²) in [4.78, 5) is 4.97. The number of sulfonamides is 1. The van der Waals surface area contributed by atoms with E-state index in [0.29, 0.717) is 5.69 Å². The van der Waals surface area contributed by atoms with Crippen molar-refractivity contribution in [3.63, 3.8) is 0 Å². The minimum Gasteiger partial charge on any atom is -0.335 e. The van der Waals surface area contributed by atoms with Crippen molar-refractivity contribution >= 4 is 32.6 Å². The molecule has 1 aliphatic carbocycles. The highest BCUT2D eigenvalue weighted by atomic mass is 32.2. The van der Waals surface area contributed by atoms with Crippen LogP contribution in [0.3, 0.4) is 0 Å². The Balaban J connectivity index is 1.77. The zero-order valence-electron chi connectivity index (χ0n) is 11.7. The molecule has 5 nitrogen and oxygen atoms in total. The van der Waals surface area contributed by atoms with Crippen molar-refractivity contribution < 1.29 is 8.42 Å². The van der Waals surface area contributed by atoms with Gasteiger partial charge in [0.1, 0.15) is 0 Å². The lowest BCUT2D eigenvalue weighted by atomic mass is 9.84. The summed E-state index contributed by atoms with van der Waals surface area (Å²) in [5.74, 6) is 1.02. The third-order valence-corrected chi connectivity index (χ3v) is 6.07. The van der Waals surface area contributed by atoms with Crippen molar-refractivity contribution in [2.45, 2.75) is 42.5 Å². The predicted molar refractivity (Wildman–Crippen MR) is 87.1 cm³/mol. The number of nitrogens with zero attached hydrogens (tertiary/aromatic N) is 1. The van der Waals surface area contributed by atoms with Gasteiger partial charge in [-0.05, 0) is 31.0 Å². The molecule has 1 aromatic carbocycles. The van der Waals surface area contributed by atoms with Crippen LogP contribution in [0.5, 0.6) is 0 Å². The van der Waals surface area contributed by atoms with Gasteiger partial charge in [-0.2, -0.15) is 0 Å². The zero-order chi connectivity index (χ0) is 14.9. The quantitative estimate of drug-likeness (QED) is 0.875. The minimum absolute atomic E-state index is 0.100. The summed E-state index contributed by atoms with van der Waals surface area (Å²) in [6.45, 7) is 0. The fourth-order valence-corrected chi connectivity index (χ4v) is 4.65. The Morgan fingerprint density at radius 1 is 1.24 bits per heavy atom. The number of nitrogens with two attached hydrogens (primary N) is 1. The third-order valence-electron chi connectivity index (χ3n) is 4.01. The molecule has 1 aliphatic heterocycles.